The fourth-order valence-electron chi connectivity index (χ4n) is 2.52. The molecule has 5 heteroatoms. The topological polar surface area (TPSA) is 69.6 Å². The molecule has 0 fully saturated rings. The van der Waals surface area contributed by atoms with E-state index in [9.17, 15) is 0 Å². The average molecular weight is 229 g/mol. The zero-order valence-corrected chi connectivity index (χ0v) is 9.53. The van der Waals surface area contributed by atoms with E-state index in [-0.39, 0.29) is 6.04 Å². The molecular formula is C12H15N5. The van der Waals surface area contributed by atoms with Crippen LogP contribution in [0.15, 0.2) is 30.9 Å². The molecule has 88 valence electrons. The van der Waals surface area contributed by atoms with E-state index in [1.54, 1.807) is 6.33 Å². The molecule has 0 radical (unpaired) electrons. The monoisotopic (exact) mass is 229 g/mol. The van der Waals surface area contributed by atoms with Crippen molar-refractivity contribution < 1.29 is 0 Å². The van der Waals surface area contributed by atoms with Gasteiger partial charge in [0.05, 0.1) is 6.04 Å². The van der Waals surface area contributed by atoms with Gasteiger partial charge in [-0.25, -0.2) is 9.67 Å². The predicted octanol–water partition coefficient (Wildman–Crippen LogP) is 1.10. The summed E-state index contributed by atoms with van der Waals surface area (Å²) in [6.07, 6.45) is 7.39. The van der Waals surface area contributed by atoms with Gasteiger partial charge in [0, 0.05) is 24.9 Å². The zero-order valence-electron chi connectivity index (χ0n) is 9.53. The normalized spacial score (nSPS) is 23.4. The van der Waals surface area contributed by atoms with Crippen molar-refractivity contribution in [3.8, 4) is 0 Å². The Kier molecular flexibility index (Phi) is 2.60. The Morgan fingerprint density at radius 1 is 1.29 bits per heavy atom. The number of hydrogen-bond donors (Lipinski definition) is 1. The van der Waals surface area contributed by atoms with Crippen LogP contribution >= 0.6 is 0 Å². The van der Waals surface area contributed by atoms with Crippen LogP contribution < -0.4 is 5.73 Å². The fourth-order valence-corrected chi connectivity index (χ4v) is 2.52. The van der Waals surface area contributed by atoms with E-state index in [0.29, 0.717) is 12.5 Å². The van der Waals surface area contributed by atoms with Crippen LogP contribution in [0.5, 0.6) is 0 Å². The molecule has 2 unspecified atom stereocenters. The van der Waals surface area contributed by atoms with Crippen LogP contribution in [0.1, 0.15) is 36.2 Å². The van der Waals surface area contributed by atoms with Gasteiger partial charge in [-0.3, -0.25) is 4.98 Å². The second-order valence-electron chi connectivity index (χ2n) is 4.37. The van der Waals surface area contributed by atoms with Crippen LogP contribution in [-0.2, 0) is 0 Å². The van der Waals surface area contributed by atoms with Crippen molar-refractivity contribution in [2.75, 3.05) is 6.54 Å². The summed E-state index contributed by atoms with van der Waals surface area (Å²) in [4.78, 5) is 8.39. The van der Waals surface area contributed by atoms with Gasteiger partial charge in [-0.05, 0) is 30.5 Å². The standard InChI is InChI=1S/C12H15N5/c13-7-10-1-2-11(9-3-5-14-6-4-9)17-12(10)15-8-16-17/h3-6,8,10-11H,1-2,7,13H2. The maximum absolute atomic E-state index is 5.77. The quantitative estimate of drug-likeness (QED) is 0.837. The van der Waals surface area contributed by atoms with E-state index in [0.717, 1.165) is 18.7 Å². The molecule has 0 saturated heterocycles. The first-order chi connectivity index (χ1) is 8.40. The van der Waals surface area contributed by atoms with Crippen LogP contribution in [0.3, 0.4) is 0 Å². The maximum Gasteiger partial charge on any atom is 0.138 e. The summed E-state index contributed by atoms with van der Waals surface area (Å²) in [6.45, 7) is 0.641. The van der Waals surface area contributed by atoms with E-state index in [4.69, 9.17) is 5.73 Å². The van der Waals surface area contributed by atoms with Crippen molar-refractivity contribution in [2.45, 2.75) is 24.8 Å². The number of nitrogens with two attached hydrogens (primary N) is 1. The Hall–Kier alpha value is -1.75. The molecule has 2 aromatic heterocycles. The largest absolute Gasteiger partial charge is 0.330 e. The smallest absolute Gasteiger partial charge is 0.138 e. The number of hydrogen-bond acceptors (Lipinski definition) is 4. The summed E-state index contributed by atoms with van der Waals surface area (Å²) < 4.78 is 2.01. The lowest BCUT2D eigenvalue weighted by Gasteiger charge is -2.28. The number of aromatic nitrogens is 4. The highest BCUT2D eigenvalue weighted by Crippen LogP contribution is 2.34. The number of rotatable bonds is 2. The number of fused-ring (bicyclic) bond motifs is 1. The Morgan fingerprint density at radius 2 is 2.12 bits per heavy atom. The molecular weight excluding hydrogens is 214 g/mol. The van der Waals surface area contributed by atoms with E-state index >= 15 is 0 Å². The highest BCUT2D eigenvalue weighted by Gasteiger charge is 2.28. The maximum atomic E-state index is 5.77. The van der Waals surface area contributed by atoms with Gasteiger partial charge in [-0.15, -0.1) is 0 Å². The Morgan fingerprint density at radius 3 is 2.88 bits per heavy atom. The van der Waals surface area contributed by atoms with E-state index in [1.807, 2.05) is 29.2 Å². The second kappa shape index (κ2) is 4.25. The molecule has 17 heavy (non-hydrogen) atoms. The third-order valence-electron chi connectivity index (χ3n) is 3.43. The average Bonchev–Trinajstić information content (AvgIpc) is 2.88. The molecule has 2 aromatic rings. The SMILES string of the molecule is NCC1CCC(c2ccncc2)n2ncnc21. The Labute approximate surface area is 99.7 Å². The van der Waals surface area contributed by atoms with Gasteiger partial charge in [0.2, 0.25) is 0 Å². The molecule has 3 heterocycles. The summed E-state index contributed by atoms with van der Waals surface area (Å²) in [5.74, 6) is 1.36. The van der Waals surface area contributed by atoms with Crippen molar-refractivity contribution in [1.82, 2.24) is 19.7 Å². The molecule has 0 saturated carbocycles. The van der Waals surface area contributed by atoms with E-state index in [1.165, 1.54) is 5.56 Å². The highest BCUT2D eigenvalue weighted by atomic mass is 15.4. The van der Waals surface area contributed by atoms with E-state index < -0.39 is 0 Å². The van der Waals surface area contributed by atoms with Gasteiger partial charge in [0.1, 0.15) is 12.2 Å². The summed E-state index contributed by atoms with van der Waals surface area (Å²) in [6, 6.07) is 4.36. The third kappa shape index (κ3) is 1.72. The molecule has 1 aliphatic heterocycles. The van der Waals surface area contributed by atoms with Gasteiger partial charge < -0.3 is 5.73 Å². The van der Waals surface area contributed by atoms with Gasteiger partial charge >= 0.3 is 0 Å². The predicted molar refractivity (Wildman–Crippen MR) is 63.4 cm³/mol. The molecule has 0 aliphatic carbocycles. The molecule has 0 amide bonds. The third-order valence-corrected chi connectivity index (χ3v) is 3.43. The minimum absolute atomic E-state index is 0.276. The Bertz CT molecular complexity index is 493. The van der Waals surface area contributed by atoms with Crippen LogP contribution in [0, 0.1) is 0 Å². The first kappa shape index (κ1) is 10.4. The molecule has 3 rings (SSSR count). The summed E-state index contributed by atoms with van der Waals surface area (Å²) in [5, 5.41) is 4.34. The molecule has 0 bridgehead atoms. The van der Waals surface area contributed by atoms with Crippen molar-refractivity contribution in [1.29, 1.82) is 0 Å². The fraction of sp³-hybridized carbons (Fsp3) is 0.417. The van der Waals surface area contributed by atoms with Crippen LogP contribution in [0.2, 0.25) is 0 Å². The summed E-state index contributed by atoms with van der Waals surface area (Å²) >= 11 is 0. The lowest BCUT2D eigenvalue weighted by Crippen LogP contribution is -2.27. The van der Waals surface area contributed by atoms with Crippen LogP contribution in [0.25, 0.3) is 0 Å². The van der Waals surface area contributed by atoms with Gasteiger partial charge in [0.25, 0.3) is 0 Å². The molecule has 0 spiro atoms. The van der Waals surface area contributed by atoms with Gasteiger partial charge in [-0.2, -0.15) is 5.10 Å². The summed E-state index contributed by atoms with van der Waals surface area (Å²) in [7, 11) is 0. The van der Waals surface area contributed by atoms with Crippen molar-refractivity contribution in [3.63, 3.8) is 0 Å². The highest BCUT2D eigenvalue weighted by molar-refractivity contribution is 5.19. The van der Waals surface area contributed by atoms with Crippen molar-refractivity contribution >= 4 is 0 Å². The molecule has 1 aliphatic rings. The lowest BCUT2D eigenvalue weighted by molar-refractivity contribution is 0.368. The van der Waals surface area contributed by atoms with E-state index in [2.05, 4.69) is 15.1 Å². The van der Waals surface area contributed by atoms with Gasteiger partial charge in [0.15, 0.2) is 0 Å². The summed E-state index contributed by atoms with van der Waals surface area (Å²) in [5.41, 5.74) is 7.01. The molecule has 2 atom stereocenters. The lowest BCUT2D eigenvalue weighted by atomic mass is 9.91. The number of nitrogens with zero attached hydrogens (tertiary/aromatic N) is 4. The Balaban J connectivity index is 2.00. The van der Waals surface area contributed by atoms with Crippen molar-refractivity contribution in [3.05, 3.63) is 42.2 Å². The molecule has 2 N–H and O–H groups in total. The van der Waals surface area contributed by atoms with Crippen LogP contribution in [0.4, 0.5) is 0 Å². The minimum Gasteiger partial charge on any atom is -0.330 e. The minimum atomic E-state index is 0.276. The molecule has 0 aromatic carbocycles. The second-order valence-corrected chi connectivity index (χ2v) is 4.37. The molecule has 5 nitrogen and oxygen atoms in total. The first-order valence-corrected chi connectivity index (χ1v) is 5.89. The number of pyridine rings is 1. The van der Waals surface area contributed by atoms with Crippen molar-refractivity contribution in [2.24, 2.45) is 5.73 Å². The van der Waals surface area contributed by atoms with Crippen LogP contribution in [-0.4, -0.2) is 26.3 Å². The van der Waals surface area contributed by atoms with Gasteiger partial charge in [-0.1, -0.05) is 0 Å². The first-order valence-electron chi connectivity index (χ1n) is 5.89. The zero-order chi connectivity index (χ0) is 11.7.